The third kappa shape index (κ3) is 7.27. The van der Waals surface area contributed by atoms with Crippen LogP contribution in [0.4, 0.5) is 0 Å². The van der Waals surface area contributed by atoms with Crippen molar-refractivity contribution >= 4 is 35.8 Å². The van der Waals surface area contributed by atoms with E-state index in [4.69, 9.17) is 0 Å². The van der Waals surface area contributed by atoms with Crippen LogP contribution in [0.1, 0.15) is 58.3 Å². The smallest absolute Gasteiger partial charge is 0.221 e. The minimum atomic E-state index is 0. The number of halogens is 1. The summed E-state index contributed by atoms with van der Waals surface area (Å²) >= 11 is 0. The Kier molecular flexibility index (Phi) is 9.90. The lowest BCUT2D eigenvalue weighted by Crippen LogP contribution is -2.46. The molecule has 0 atom stereocenters. The first-order valence-corrected chi connectivity index (χ1v) is 8.94. The molecule has 2 aliphatic rings. The molecule has 134 valence electrons. The maximum absolute atomic E-state index is 12.0. The van der Waals surface area contributed by atoms with Gasteiger partial charge < -0.3 is 15.5 Å². The van der Waals surface area contributed by atoms with Crippen molar-refractivity contribution in [2.75, 3.05) is 26.7 Å². The zero-order valence-electron chi connectivity index (χ0n) is 14.6. The summed E-state index contributed by atoms with van der Waals surface area (Å²) in [6.45, 7) is 5.10. The normalized spacial score (nSPS) is 20.8. The first kappa shape index (κ1) is 20.5. The van der Waals surface area contributed by atoms with E-state index in [0.29, 0.717) is 19.0 Å². The van der Waals surface area contributed by atoms with Crippen LogP contribution in [-0.2, 0) is 4.79 Å². The van der Waals surface area contributed by atoms with E-state index >= 15 is 0 Å². The van der Waals surface area contributed by atoms with E-state index in [9.17, 15) is 4.79 Å². The number of nitrogens with zero attached hydrogens (tertiary/aromatic N) is 2. The molecule has 0 aromatic carbocycles. The van der Waals surface area contributed by atoms with Gasteiger partial charge in [-0.3, -0.25) is 9.79 Å². The van der Waals surface area contributed by atoms with Crippen LogP contribution in [0.5, 0.6) is 0 Å². The molecule has 1 saturated carbocycles. The molecule has 0 spiro atoms. The van der Waals surface area contributed by atoms with E-state index in [1.54, 1.807) is 0 Å². The molecule has 23 heavy (non-hydrogen) atoms. The fourth-order valence-electron chi connectivity index (χ4n) is 3.39. The molecule has 0 unspecified atom stereocenters. The Morgan fingerprint density at radius 2 is 1.78 bits per heavy atom. The van der Waals surface area contributed by atoms with Crippen LogP contribution < -0.4 is 10.6 Å². The lowest BCUT2D eigenvalue weighted by Gasteiger charge is -2.32. The van der Waals surface area contributed by atoms with Gasteiger partial charge in [-0.2, -0.15) is 0 Å². The summed E-state index contributed by atoms with van der Waals surface area (Å²) in [4.78, 5) is 18.6. The number of carbonyl (C=O) groups is 1. The Balaban J connectivity index is 0.00000264. The topological polar surface area (TPSA) is 56.7 Å². The van der Waals surface area contributed by atoms with Gasteiger partial charge in [0.1, 0.15) is 0 Å². The molecule has 0 aromatic rings. The van der Waals surface area contributed by atoms with E-state index < -0.39 is 0 Å². The fourth-order valence-corrected chi connectivity index (χ4v) is 3.39. The van der Waals surface area contributed by atoms with Crippen LogP contribution in [0.15, 0.2) is 4.99 Å². The summed E-state index contributed by atoms with van der Waals surface area (Å²) in [7, 11) is 1.82. The van der Waals surface area contributed by atoms with Crippen molar-refractivity contribution in [2.24, 2.45) is 10.9 Å². The molecule has 2 fully saturated rings. The maximum atomic E-state index is 12.0. The first-order chi connectivity index (χ1) is 10.7. The monoisotopic (exact) mass is 436 g/mol. The summed E-state index contributed by atoms with van der Waals surface area (Å²) in [6.07, 6.45) is 9.09. The quantitative estimate of drug-likeness (QED) is 0.405. The molecule has 1 aliphatic carbocycles. The Hall–Kier alpha value is -0.530. The number of piperidine rings is 1. The zero-order valence-corrected chi connectivity index (χ0v) is 17.0. The molecular weight excluding hydrogens is 403 g/mol. The van der Waals surface area contributed by atoms with Gasteiger partial charge in [-0.25, -0.2) is 0 Å². The predicted molar refractivity (Wildman–Crippen MR) is 106 cm³/mol. The molecule has 6 heteroatoms. The van der Waals surface area contributed by atoms with E-state index in [-0.39, 0.29) is 29.9 Å². The summed E-state index contributed by atoms with van der Waals surface area (Å²) < 4.78 is 0. The predicted octanol–water partition coefficient (Wildman–Crippen LogP) is 2.75. The third-order valence-electron chi connectivity index (χ3n) is 4.90. The maximum Gasteiger partial charge on any atom is 0.221 e. The number of amides is 1. The van der Waals surface area contributed by atoms with Crippen LogP contribution in [0.3, 0.4) is 0 Å². The highest BCUT2D eigenvalue weighted by Gasteiger charge is 2.19. The van der Waals surface area contributed by atoms with Crippen LogP contribution >= 0.6 is 24.0 Å². The van der Waals surface area contributed by atoms with Gasteiger partial charge in [0.2, 0.25) is 5.91 Å². The average molecular weight is 436 g/mol. The van der Waals surface area contributed by atoms with Gasteiger partial charge in [-0.1, -0.05) is 26.2 Å². The van der Waals surface area contributed by atoms with Crippen LogP contribution in [0.25, 0.3) is 0 Å². The Labute approximate surface area is 158 Å². The highest BCUT2D eigenvalue weighted by Crippen LogP contribution is 2.17. The summed E-state index contributed by atoms with van der Waals surface area (Å²) in [6, 6.07) is 0.407. The van der Waals surface area contributed by atoms with Gasteiger partial charge in [0.05, 0.1) is 0 Å². The largest absolute Gasteiger partial charge is 0.356 e. The molecule has 5 nitrogen and oxygen atoms in total. The highest BCUT2D eigenvalue weighted by molar-refractivity contribution is 14.0. The number of hydrogen-bond acceptors (Lipinski definition) is 2. The molecule has 1 saturated heterocycles. The van der Waals surface area contributed by atoms with E-state index in [0.717, 1.165) is 37.8 Å². The molecule has 1 heterocycles. The Morgan fingerprint density at radius 1 is 1.13 bits per heavy atom. The lowest BCUT2D eigenvalue weighted by atomic mass is 9.95. The molecule has 0 radical (unpaired) electrons. The van der Waals surface area contributed by atoms with Crippen LogP contribution in [0.2, 0.25) is 0 Å². The number of likely N-dealkylation sites (tertiary alicyclic amines) is 1. The first-order valence-electron chi connectivity index (χ1n) is 8.94. The Morgan fingerprint density at radius 3 is 2.39 bits per heavy atom. The second kappa shape index (κ2) is 11.1. The molecule has 2 rings (SSSR count). The standard InChI is InChI=1S/C17H32N4O.HI/c1-14-9-12-21(13-10-14)17(18-2)19-11-8-16(22)20-15-6-4-3-5-7-15;/h14-15H,3-13H2,1-2H3,(H,18,19)(H,20,22);1H. The van der Waals surface area contributed by atoms with Crippen molar-refractivity contribution in [3.8, 4) is 0 Å². The minimum Gasteiger partial charge on any atom is -0.356 e. The summed E-state index contributed by atoms with van der Waals surface area (Å²) in [5.74, 6) is 1.93. The van der Waals surface area contributed by atoms with Crippen LogP contribution in [-0.4, -0.2) is 49.5 Å². The highest BCUT2D eigenvalue weighted by atomic mass is 127. The second-order valence-corrected chi connectivity index (χ2v) is 6.80. The van der Waals surface area contributed by atoms with Crippen molar-refractivity contribution in [2.45, 2.75) is 64.3 Å². The van der Waals surface area contributed by atoms with Crippen LogP contribution in [0, 0.1) is 5.92 Å². The summed E-state index contributed by atoms with van der Waals surface area (Å²) in [5, 5.41) is 6.50. The molecule has 0 aromatic heterocycles. The second-order valence-electron chi connectivity index (χ2n) is 6.80. The van der Waals surface area contributed by atoms with Crippen molar-refractivity contribution in [1.82, 2.24) is 15.5 Å². The van der Waals surface area contributed by atoms with Gasteiger partial charge in [0.15, 0.2) is 5.96 Å². The molecule has 1 amide bonds. The average Bonchev–Trinajstić information content (AvgIpc) is 2.54. The fraction of sp³-hybridized carbons (Fsp3) is 0.882. The Bertz CT molecular complexity index is 375. The van der Waals surface area contributed by atoms with Crippen molar-refractivity contribution < 1.29 is 4.79 Å². The molecule has 0 bridgehead atoms. The third-order valence-corrected chi connectivity index (χ3v) is 4.90. The number of rotatable bonds is 4. The van der Waals surface area contributed by atoms with E-state index in [1.165, 1.54) is 32.1 Å². The lowest BCUT2D eigenvalue weighted by molar-refractivity contribution is -0.121. The van der Waals surface area contributed by atoms with Crippen molar-refractivity contribution in [3.63, 3.8) is 0 Å². The molecular formula is C17H33IN4O. The number of carbonyl (C=O) groups excluding carboxylic acids is 1. The van der Waals surface area contributed by atoms with Crippen molar-refractivity contribution in [3.05, 3.63) is 0 Å². The van der Waals surface area contributed by atoms with Gasteiger partial charge in [-0.15, -0.1) is 24.0 Å². The van der Waals surface area contributed by atoms with Gasteiger partial charge in [-0.05, 0) is 31.6 Å². The number of guanidine groups is 1. The molecule has 1 aliphatic heterocycles. The number of nitrogens with one attached hydrogen (secondary N) is 2. The molecule has 2 N–H and O–H groups in total. The van der Waals surface area contributed by atoms with Gasteiger partial charge >= 0.3 is 0 Å². The van der Waals surface area contributed by atoms with Crippen molar-refractivity contribution in [1.29, 1.82) is 0 Å². The van der Waals surface area contributed by atoms with Gasteiger partial charge in [0, 0.05) is 39.1 Å². The van der Waals surface area contributed by atoms with Gasteiger partial charge in [0.25, 0.3) is 0 Å². The summed E-state index contributed by atoms with van der Waals surface area (Å²) in [5.41, 5.74) is 0. The van der Waals surface area contributed by atoms with E-state index in [1.807, 2.05) is 7.05 Å². The number of aliphatic imine (C=N–C) groups is 1. The van der Waals surface area contributed by atoms with E-state index in [2.05, 4.69) is 27.4 Å². The SMILES string of the molecule is CN=C(NCCC(=O)NC1CCCCC1)N1CCC(C)CC1.I. The minimum absolute atomic E-state index is 0. The number of hydrogen-bond donors (Lipinski definition) is 2. The zero-order chi connectivity index (χ0) is 15.8.